The minimum atomic E-state index is -0.207. The lowest BCUT2D eigenvalue weighted by molar-refractivity contribution is -0.115. The van der Waals surface area contributed by atoms with Gasteiger partial charge in [-0.25, -0.2) is 4.98 Å². The zero-order valence-electron chi connectivity index (χ0n) is 16.9. The van der Waals surface area contributed by atoms with Gasteiger partial charge in [-0.2, -0.15) is 0 Å². The number of hydrogen-bond acceptors (Lipinski definition) is 5. The number of nitrogens with zero attached hydrogens (tertiary/aromatic N) is 2. The van der Waals surface area contributed by atoms with Crippen molar-refractivity contribution in [2.45, 2.75) is 13.3 Å². The number of nitrogens with one attached hydrogen (secondary N) is 1. The maximum Gasteiger partial charge on any atom is 0.254 e. The summed E-state index contributed by atoms with van der Waals surface area (Å²) in [7, 11) is 3.31. The Morgan fingerprint density at radius 1 is 1.17 bits per heavy atom. The molecule has 8 heteroatoms. The summed E-state index contributed by atoms with van der Waals surface area (Å²) in [6, 6.07) is 12.5. The van der Waals surface area contributed by atoms with Gasteiger partial charge in [0.05, 0.1) is 29.3 Å². The van der Waals surface area contributed by atoms with Crippen LogP contribution in [0.3, 0.4) is 0 Å². The van der Waals surface area contributed by atoms with E-state index in [0.717, 1.165) is 16.3 Å². The monoisotopic (exact) mass is 443 g/mol. The fraction of sp³-hybridized carbons (Fsp3) is 0.227. The third-order valence-electron chi connectivity index (χ3n) is 4.20. The third kappa shape index (κ3) is 5.37. The number of carbonyl (C=O) groups is 2. The Bertz CT molecular complexity index is 1050. The van der Waals surface area contributed by atoms with Crippen molar-refractivity contribution in [3.8, 4) is 16.3 Å². The molecule has 0 radical (unpaired) electrons. The third-order valence-corrected chi connectivity index (χ3v) is 5.45. The Balaban J connectivity index is 1.63. The Labute approximate surface area is 184 Å². The minimum Gasteiger partial charge on any atom is -0.494 e. The molecule has 0 unspecified atom stereocenters. The fourth-order valence-corrected chi connectivity index (χ4v) is 3.85. The van der Waals surface area contributed by atoms with E-state index in [1.54, 1.807) is 32.3 Å². The highest BCUT2D eigenvalue weighted by Crippen LogP contribution is 2.26. The molecule has 30 heavy (non-hydrogen) atoms. The van der Waals surface area contributed by atoms with Gasteiger partial charge in [-0.05, 0) is 49.4 Å². The average molecular weight is 444 g/mol. The number of hydrogen-bond donors (Lipinski definition) is 1. The van der Waals surface area contributed by atoms with Crippen LogP contribution in [-0.2, 0) is 11.2 Å². The van der Waals surface area contributed by atoms with E-state index in [0.29, 0.717) is 23.6 Å². The summed E-state index contributed by atoms with van der Waals surface area (Å²) in [4.78, 5) is 30.5. The van der Waals surface area contributed by atoms with Crippen LogP contribution < -0.4 is 10.1 Å². The first-order chi connectivity index (χ1) is 14.4. The molecule has 0 spiro atoms. The molecule has 0 aliphatic carbocycles. The van der Waals surface area contributed by atoms with E-state index < -0.39 is 0 Å². The molecule has 3 rings (SSSR count). The number of amides is 2. The maximum atomic E-state index is 12.4. The van der Waals surface area contributed by atoms with Gasteiger partial charge in [-0.15, -0.1) is 11.3 Å². The van der Waals surface area contributed by atoms with E-state index in [-0.39, 0.29) is 23.3 Å². The number of benzene rings is 2. The number of aromatic nitrogens is 1. The quantitative estimate of drug-likeness (QED) is 0.572. The van der Waals surface area contributed by atoms with Crippen LogP contribution in [0.2, 0.25) is 5.02 Å². The summed E-state index contributed by atoms with van der Waals surface area (Å²) in [5.74, 6) is 0.415. The van der Waals surface area contributed by atoms with Gasteiger partial charge in [0.2, 0.25) is 5.91 Å². The lowest BCUT2D eigenvalue weighted by Crippen LogP contribution is -2.22. The van der Waals surface area contributed by atoms with Crippen LogP contribution in [0.4, 0.5) is 5.69 Å². The summed E-state index contributed by atoms with van der Waals surface area (Å²) in [5.41, 5.74) is 2.58. The Kier molecular flexibility index (Phi) is 7.07. The molecule has 2 aromatic carbocycles. The Morgan fingerprint density at radius 3 is 2.53 bits per heavy atom. The molecule has 156 valence electrons. The van der Waals surface area contributed by atoms with Crippen LogP contribution in [0.25, 0.3) is 10.6 Å². The summed E-state index contributed by atoms with van der Waals surface area (Å²) < 4.78 is 5.45. The summed E-state index contributed by atoms with van der Waals surface area (Å²) >= 11 is 7.68. The molecule has 1 aromatic heterocycles. The molecule has 0 atom stereocenters. The molecule has 0 saturated heterocycles. The van der Waals surface area contributed by atoms with Crippen molar-refractivity contribution in [2.75, 3.05) is 26.0 Å². The molecule has 6 nitrogen and oxygen atoms in total. The van der Waals surface area contributed by atoms with E-state index in [4.69, 9.17) is 16.3 Å². The second kappa shape index (κ2) is 9.73. The van der Waals surface area contributed by atoms with E-state index in [1.807, 2.05) is 36.6 Å². The zero-order chi connectivity index (χ0) is 21.7. The number of rotatable bonds is 7. The van der Waals surface area contributed by atoms with Crippen LogP contribution in [0.1, 0.15) is 23.0 Å². The summed E-state index contributed by atoms with van der Waals surface area (Å²) in [5, 5.41) is 5.80. The minimum absolute atomic E-state index is 0.142. The highest BCUT2D eigenvalue weighted by Gasteiger charge is 2.14. The molecule has 2 amide bonds. The van der Waals surface area contributed by atoms with Crippen molar-refractivity contribution < 1.29 is 14.3 Å². The molecule has 0 saturated carbocycles. The number of ether oxygens (including phenoxy) is 1. The van der Waals surface area contributed by atoms with E-state index in [9.17, 15) is 9.59 Å². The van der Waals surface area contributed by atoms with Gasteiger partial charge in [-0.1, -0.05) is 11.6 Å². The highest BCUT2D eigenvalue weighted by molar-refractivity contribution is 7.13. The van der Waals surface area contributed by atoms with Crippen molar-refractivity contribution in [2.24, 2.45) is 0 Å². The van der Waals surface area contributed by atoms with Gasteiger partial charge in [0, 0.05) is 30.7 Å². The lowest BCUT2D eigenvalue weighted by atomic mass is 10.1. The number of halogens is 1. The Morgan fingerprint density at radius 2 is 1.90 bits per heavy atom. The number of anilines is 1. The smallest absolute Gasteiger partial charge is 0.254 e. The summed E-state index contributed by atoms with van der Waals surface area (Å²) in [6.45, 7) is 2.56. The molecule has 0 fully saturated rings. The molecular formula is C22H22ClN3O3S. The van der Waals surface area contributed by atoms with Crippen molar-refractivity contribution in [3.63, 3.8) is 0 Å². The predicted octanol–water partition coefficient (Wildman–Crippen LogP) is 4.75. The van der Waals surface area contributed by atoms with Gasteiger partial charge in [0.25, 0.3) is 5.91 Å². The van der Waals surface area contributed by atoms with Crippen molar-refractivity contribution in [3.05, 3.63) is 64.1 Å². The second-order valence-corrected chi connectivity index (χ2v) is 7.99. The number of thiazole rings is 1. The highest BCUT2D eigenvalue weighted by atomic mass is 35.5. The molecular weight excluding hydrogens is 422 g/mol. The van der Waals surface area contributed by atoms with Gasteiger partial charge < -0.3 is 15.0 Å². The van der Waals surface area contributed by atoms with E-state index >= 15 is 0 Å². The summed E-state index contributed by atoms with van der Waals surface area (Å²) in [6.07, 6.45) is 0.142. The van der Waals surface area contributed by atoms with Gasteiger partial charge in [-0.3, -0.25) is 9.59 Å². The van der Waals surface area contributed by atoms with Crippen LogP contribution in [0.15, 0.2) is 47.8 Å². The maximum absolute atomic E-state index is 12.4. The average Bonchev–Trinajstić information content (AvgIpc) is 3.16. The Hall–Kier alpha value is -2.90. The van der Waals surface area contributed by atoms with Gasteiger partial charge in [0.1, 0.15) is 10.8 Å². The first-order valence-corrected chi connectivity index (χ1v) is 10.6. The lowest BCUT2D eigenvalue weighted by Gasteiger charge is -2.12. The van der Waals surface area contributed by atoms with Crippen LogP contribution in [-0.4, -0.2) is 42.4 Å². The molecule has 0 bridgehead atoms. The van der Waals surface area contributed by atoms with Crippen LogP contribution in [0, 0.1) is 0 Å². The van der Waals surface area contributed by atoms with Crippen LogP contribution in [0.5, 0.6) is 5.75 Å². The normalized spacial score (nSPS) is 10.5. The predicted molar refractivity (Wildman–Crippen MR) is 121 cm³/mol. The van der Waals surface area contributed by atoms with Gasteiger partial charge >= 0.3 is 0 Å². The van der Waals surface area contributed by atoms with E-state index in [2.05, 4.69) is 10.3 Å². The van der Waals surface area contributed by atoms with Crippen molar-refractivity contribution in [1.29, 1.82) is 0 Å². The number of carbonyl (C=O) groups excluding carboxylic acids is 2. The fourth-order valence-electron chi connectivity index (χ4n) is 2.76. The molecule has 0 aliphatic heterocycles. The molecule has 0 aliphatic rings. The molecule has 3 aromatic rings. The van der Waals surface area contributed by atoms with Crippen molar-refractivity contribution in [1.82, 2.24) is 9.88 Å². The molecule has 1 N–H and O–H groups in total. The van der Waals surface area contributed by atoms with Crippen molar-refractivity contribution >= 4 is 40.4 Å². The largest absolute Gasteiger partial charge is 0.494 e. The molecule has 1 heterocycles. The van der Waals surface area contributed by atoms with Gasteiger partial charge in [0.15, 0.2) is 0 Å². The second-order valence-electron chi connectivity index (χ2n) is 6.72. The topological polar surface area (TPSA) is 71.5 Å². The first-order valence-electron chi connectivity index (χ1n) is 9.36. The SMILES string of the molecule is CCOc1ccc(-c2nc(CC(=O)Nc3ccc(C(=O)N(C)C)c(Cl)c3)cs2)cc1. The van der Waals surface area contributed by atoms with Crippen LogP contribution >= 0.6 is 22.9 Å². The first kappa shape index (κ1) is 21.8. The van der Waals surface area contributed by atoms with E-state index in [1.165, 1.54) is 16.2 Å². The zero-order valence-corrected chi connectivity index (χ0v) is 18.5. The standard InChI is InChI=1S/C22H22ClN3O3S/c1-4-29-17-8-5-14(6-9-17)21-25-16(13-30-21)12-20(27)24-15-7-10-18(19(23)11-15)22(28)26(2)3/h5-11,13H,4,12H2,1-3H3,(H,24,27).